The summed E-state index contributed by atoms with van der Waals surface area (Å²) in [5.74, 6) is 0. The van der Waals surface area contributed by atoms with Crippen LogP contribution in [0.25, 0.3) is 0 Å². The molecule has 0 bridgehead atoms. The maximum Gasteiger partial charge on any atom is 0.248 e. The van der Waals surface area contributed by atoms with Crippen molar-refractivity contribution in [2.75, 3.05) is 0 Å². The Morgan fingerprint density at radius 2 is 0.957 bits per heavy atom. The van der Waals surface area contributed by atoms with Crippen LogP contribution in [0.5, 0.6) is 0 Å². The minimum Gasteiger partial charge on any atom is -0.232 e. The van der Waals surface area contributed by atoms with E-state index in [-0.39, 0.29) is 0 Å². The topological polar surface area (TPSA) is 20.2 Å². The van der Waals surface area contributed by atoms with Crippen molar-refractivity contribution in [3.05, 3.63) is 68.8 Å². The predicted molar refractivity (Wildman–Crippen MR) is 104 cm³/mol. The van der Waals surface area contributed by atoms with Crippen molar-refractivity contribution in [3.8, 4) is 0 Å². The molecule has 0 atom stereocenters. The van der Waals surface area contributed by atoms with Gasteiger partial charge in [-0.15, -0.1) is 0 Å². The van der Waals surface area contributed by atoms with E-state index in [4.69, 9.17) is 11.2 Å². The van der Waals surface area contributed by atoms with Crippen molar-refractivity contribution < 1.29 is 4.89 Å². The van der Waals surface area contributed by atoms with Crippen molar-refractivity contribution in [2.24, 2.45) is 0 Å². The van der Waals surface area contributed by atoms with Crippen LogP contribution in [-0.2, 0) is 12.3 Å². The van der Waals surface area contributed by atoms with Gasteiger partial charge >= 0.3 is 0 Å². The monoisotopic (exact) mass is 349 g/mol. The van der Waals surface area contributed by atoms with E-state index in [0.717, 1.165) is 0 Å². The van der Waals surface area contributed by atoms with Crippen LogP contribution in [0.4, 0.5) is 0 Å². The quantitative estimate of drug-likeness (QED) is 0.640. The SMILES string of the molecule is Cc1cc(C)c(C[P+](O)(Cl)Cc2c(C)cc(C)cc2C)c(C)c1. The van der Waals surface area contributed by atoms with Crippen LogP contribution >= 0.6 is 18.1 Å². The molecule has 0 spiro atoms. The fourth-order valence-corrected chi connectivity index (χ4v) is 6.25. The van der Waals surface area contributed by atoms with E-state index in [1.807, 2.05) is 0 Å². The summed E-state index contributed by atoms with van der Waals surface area (Å²) in [4.78, 5) is 10.9. The van der Waals surface area contributed by atoms with Crippen molar-refractivity contribution in [2.45, 2.75) is 53.9 Å². The minimum absolute atomic E-state index is 0.569. The van der Waals surface area contributed by atoms with Gasteiger partial charge in [-0.25, -0.2) is 4.89 Å². The zero-order valence-electron chi connectivity index (χ0n) is 15.0. The summed E-state index contributed by atoms with van der Waals surface area (Å²) in [6.45, 7) is 10.1. The highest BCUT2D eigenvalue weighted by molar-refractivity contribution is 7.93. The van der Waals surface area contributed by atoms with Crippen molar-refractivity contribution in [1.82, 2.24) is 0 Å². The molecule has 1 N–H and O–H groups in total. The third kappa shape index (κ3) is 4.57. The lowest BCUT2D eigenvalue weighted by Crippen LogP contribution is -2.02. The first-order valence-electron chi connectivity index (χ1n) is 8.02. The molecule has 3 heteroatoms. The molecule has 2 rings (SSSR count). The lowest BCUT2D eigenvalue weighted by Gasteiger charge is -2.18. The number of halogens is 1. The lowest BCUT2D eigenvalue weighted by atomic mass is 10.0. The molecule has 23 heavy (non-hydrogen) atoms. The van der Waals surface area contributed by atoms with E-state index in [9.17, 15) is 4.89 Å². The Morgan fingerprint density at radius 1 is 0.696 bits per heavy atom. The van der Waals surface area contributed by atoms with E-state index in [1.165, 1.54) is 44.5 Å². The molecule has 0 saturated heterocycles. The molecular formula is C20H27ClOP+. The molecular weight excluding hydrogens is 323 g/mol. The van der Waals surface area contributed by atoms with Gasteiger partial charge in [0.1, 0.15) is 23.6 Å². The van der Waals surface area contributed by atoms with Crippen molar-refractivity contribution in [1.29, 1.82) is 0 Å². The van der Waals surface area contributed by atoms with Crippen LogP contribution in [-0.4, -0.2) is 4.89 Å². The third-order valence-corrected chi connectivity index (χ3v) is 6.80. The highest BCUT2D eigenvalue weighted by Crippen LogP contribution is 2.66. The molecule has 0 aliphatic rings. The summed E-state index contributed by atoms with van der Waals surface area (Å²) in [7, 11) is 0. The number of aryl methyl sites for hydroxylation is 6. The summed E-state index contributed by atoms with van der Waals surface area (Å²) in [5.41, 5.74) is 9.79. The molecule has 1 nitrogen and oxygen atoms in total. The van der Waals surface area contributed by atoms with Crippen LogP contribution in [0, 0.1) is 41.5 Å². The fraction of sp³-hybridized carbons (Fsp3) is 0.400. The second kappa shape index (κ2) is 6.93. The Hall–Kier alpha value is -0.880. The van der Waals surface area contributed by atoms with Crippen LogP contribution in [0.1, 0.15) is 44.5 Å². The van der Waals surface area contributed by atoms with Crippen molar-refractivity contribution in [3.63, 3.8) is 0 Å². The largest absolute Gasteiger partial charge is 0.248 e. The van der Waals surface area contributed by atoms with Gasteiger partial charge in [-0.05, 0) is 74.9 Å². The van der Waals surface area contributed by atoms with E-state index < -0.39 is 6.84 Å². The summed E-state index contributed by atoms with van der Waals surface area (Å²) >= 11 is 6.64. The molecule has 0 fully saturated rings. The van der Waals surface area contributed by atoms with Gasteiger partial charge in [0.15, 0.2) is 0 Å². The summed E-state index contributed by atoms with van der Waals surface area (Å²) in [6.07, 6.45) is 1.14. The molecule has 2 aromatic rings. The molecule has 0 amide bonds. The summed E-state index contributed by atoms with van der Waals surface area (Å²) < 4.78 is 0. The summed E-state index contributed by atoms with van der Waals surface area (Å²) in [5, 5.41) is 0. The zero-order valence-corrected chi connectivity index (χ0v) is 16.6. The van der Waals surface area contributed by atoms with Crippen molar-refractivity contribution >= 4 is 18.1 Å². The highest BCUT2D eigenvalue weighted by atomic mass is 35.7. The molecule has 0 saturated carbocycles. The molecule has 2 aromatic carbocycles. The smallest absolute Gasteiger partial charge is 0.232 e. The van der Waals surface area contributed by atoms with Gasteiger partial charge in [0.25, 0.3) is 0 Å². The second-order valence-electron chi connectivity index (χ2n) is 6.89. The first-order chi connectivity index (χ1) is 10.6. The molecule has 0 aromatic heterocycles. The van der Waals surface area contributed by atoms with E-state index in [2.05, 4.69) is 65.8 Å². The molecule has 0 aliphatic heterocycles. The van der Waals surface area contributed by atoms with Gasteiger partial charge in [-0.3, -0.25) is 0 Å². The Morgan fingerprint density at radius 3 is 1.22 bits per heavy atom. The van der Waals surface area contributed by atoms with Crippen LogP contribution in [0.2, 0.25) is 0 Å². The average Bonchev–Trinajstić information content (AvgIpc) is 2.38. The maximum absolute atomic E-state index is 10.9. The Labute approximate surface area is 145 Å². The molecule has 0 heterocycles. The first kappa shape index (κ1) is 18.5. The number of hydrogen-bond acceptors (Lipinski definition) is 1. The predicted octanol–water partition coefficient (Wildman–Crippen LogP) is 6.32. The maximum atomic E-state index is 10.9. The van der Waals surface area contributed by atoms with E-state index >= 15 is 0 Å². The zero-order chi connectivity index (χ0) is 17.4. The van der Waals surface area contributed by atoms with E-state index in [0.29, 0.717) is 12.3 Å². The van der Waals surface area contributed by atoms with E-state index in [1.54, 1.807) is 0 Å². The Kier molecular flexibility index (Phi) is 5.56. The highest BCUT2D eigenvalue weighted by Gasteiger charge is 2.36. The Balaban J connectivity index is 2.30. The van der Waals surface area contributed by atoms with Gasteiger partial charge in [0.05, 0.1) is 0 Å². The van der Waals surface area contributed by atoms with Gasteiger partial charge in [-0.1, -0.05) is 35.4 Å². The molecule has 0 aliphatic carbocycles. The number of benzene rings is 2. The minimum atomic E-state index is -2.55. The summed E-state index contributed by atoms with van der Waals surface area (Å²) in [6, 6.07) is 8.67. The van der Waals surface area contributed by atoms with Gasteiger partial charge in [0.2, 0.25) is 6.84 Å². The molecule has 124 valence electrons. The normalized spacial score (nSPS) is 11.8. The number of rotatable bonds is 4. The fourth-order valence-electron chi connectivity index (χ4n) is 3.46. The molecule has 0 radical (unpaired) electrons. The van der Waals surface area contributed by atoms with Crippen LogP contribution < -0.4 is 0 Å². The van der Waals surface area contributed by atoms with Crippen LogP contribution in [0.3, 0.4) is 0 Å². The molecule has 0 unspecified atom stereocenters. The standard InChI is InChI=1S/C20H27ClOP/c1-13-7-15(3)19(16(4)8-13)11-23(21,22)12-20-17(5)9-14(2)10-18(20)6/h7-10,22H,11-12H2,1-6H3/q+1. The van der Waals surface area contributed by atoms with Gasteiger partial charge < -0.3 is 0 Å². The van der Waals surface area contributed by atoms with Gasteiger partial charge in [-0.2, -0.15) is 0 Å². The average molecular weight is 350 g/mol. The number of hydrogen-bond donors (Lipinski definition) is 1. The third-order valence-electron chi connectivity index (χ3n) is 4.48. The first-order valence-corrected chi connectivity index (χ1v) is 11.0. The van der Waals surface area contributed by atoms with Crippen LogP contribution in [0.15, 0.2) is 24.3 Å². The van der Waals surface area contributed by atoms with Gasteiger partial charge in [0, 0.05) is 0 Å². The second-order valence-corrected chi connectivity index (χ2v) is 11.1. The lowest BCUT2D eigenvalue weighted by molar-refractivity contribution is 0.612. The Bertz CT molecular complexity index is 627.